The Morgan fingerprint density at radius 3 is 2.36 bits per heavy atom. The normalized spacial score (nSPS) is 11.0. The van der Waals surface area contributed by atoms with Crippen molar-refractivity contribution in [1.29, 1.82) is 0 Å². The lowest BCUT2D eigenvalue weighted by atomic mass is 10.4. The van der Waals surface area contributed by atoms with Gasteiger partial charge in [0.1, 0.15) is 0 Å². The van der Waals surface area contributed by atoms with E-state index in [9.17, 15) is 18.0 Å². The summed E-state index contributed by atoms with van der Waals surface area (Å²) < 4.78 is 36.1. The van der Waals surface area contributed by atoms with Gasteiger partial charge in [-0.25, -0.2) is 4.99 Å². The van der Waals surface area contributed by atoms with Crippen LogP contribution >= 0.6 is 0 Å². The topological polar surface area (TPSA) is 63.0 Å². The first kappa shape index (κ1) is 26.8. The van der Waals surface area contributed by atoms with Gasteiger partial charge in [0.2, 0.25) is 0 Å². The molecule has 0 saturated carbocycles. The van der Waals surface area contributed by atoms with Crippen molar-refractivity contribution in [2.75, 3.05) is 0 Å². The van der Waals surface area contributed by atoms with E-state index in [0.29, 0.717) is 19.0 Å². The summed E-state index contributed by atoms with van der Waals surface area (Å²) in [6.45, 7) is 10.1. The van der Waals surface area contributed by atoms with Crippen molar-refractivity contribution in [1.82, 2.24) is 5.43 Å². The Bertz CT molecular complexity index is 514. The van der Waals surface area contributed by atoms with Crippen molar-refractivity contribution in [3.8, 4) is 12.3 Å². The standard InChI is InChI=1S/C10H13N3O.C4H5F3O.C3H4/c1-3-5-6-8-11-10(9-14)13-12-7-4-2;1-2-3-8-4(5,6)7;1-3-2/h3-4,6-9H,1-2,5H2,(H,11,13);2-3H,1H3;1H,2H3/b8-6+,12-7+;3-2+;. The molecule has 5 nitrogen and oxygen atoms in total. The van der Waals surface area contributed by atoms with Crippen LogP contribution in [-0.4, -0.2) is 24.7 Å². The Balaban J connectivity index is -0.000000371. The molecule has 0 fully saturated rings. The minimum Gasteiger partial charge on any atom is -0.414 e. The maximum atomic E-state index is 11.0. The summed E-state index contributed by atoms with van der Waals surface area (Å²) in [6, 6.07) is 0. The van der Waals surface area contributed by atoms with Gasteiger partial charge in [0.05, 0.1) is 6.26 Å². The number of halogens is 3. The molecule has 0 rings (SSSR count). The zero-order valence-electron chi connectivity index (χ0n) is 14.2. The Hall–Kier alpha value is -3.08. The highest BCUT2D eigenvalue weighted by Crippen LogP contribution is 2.15. The number of alkyl halides is 3. The Kier molecular flexibility index (Phi) is 22.4. The highest BCUT2D eigenvalue weighted by Gasteiger charge is 2.28. The lowest BCUT2D eigenvalue weighted by Crippen LogP contribution is -2.18. The van der Waals surface area contributed by atoms with Crippen molar-refractivity contribution in [2.45, 2.75) is 26.6 Å². The first-order valence-corrected chi connectivity index (χ1v) is 6.74. The Morgan fingerprint density at radius 2 is 2.00 bits per heavy atom. The number of carbonyl (C=O) groups is 1. The number of aldehydes is 1. The molecule has 0 heterocycles. The van der Waals surface area contributed by atoms with E-state index >= 15 is 0 Å². The molecule has 0 aliphatic heterocycles. The van der Waals surface area contributed by atoms with Crippen LogP contribution in [0, 0.1) is 12.3 Å². The number of hydrazone groups is 1. The average Bonchev–Trinajstić information content (AvgIpc) is 2.56. The number of hydrogen-bond donors (Lipinski definition) is 1. The van der Waals surface area contributed by atoms with Crippen LogP contribution in [0.5, 0.6) is 0 Å². The third-order valence-corrected chi connectivity index (χ3v) is 1.43. The second kappa shape index (κ2) is 20.9. The third-order valence-electron chi connectivity index (χ3n) is 1.43. The number of nitrogens with one attached hydrogen (secondary N) is 1. The van der Waals surface area contributed by atoms with Gasteiger partial charge in [-0.15, -0.1) is 32.1 Å². The SMILES string of the molecule is C#CC.C/C=C/OC(F)(F)F.C=C/C=N/NC(C=O)=N/C=C/CC=C. The van der Waals surface area contributed by atoms with E-state index in [4.69, 9.17) is 0 Å². The smallest absolute Gasteiger partial charge is 0.414 e. The molecule has 0 atom stereocenters. The molecule has 0 radical (unpaired) electrons. The van der Waals surface area contributed by atoms with Crippen molar-refractivity contribution >= 4 is 18.3 Å². The fourth-order valence-electron chi connectivity index (χ4n) is 0.677. The maximum Gasteiger partial charge on any atom is 0.572 e. The van der Waals surface area contributed by atoms with Gasteiger partial charge in [0, 0.05) is 12.4 Å². The summed E-state index contributed by atoms with van der Waals surface area (Å²) in [4.78, 5) is 14.2. The van der Waals surface area contributed by atoms with Crippen molar-refractivity contribution in [3.05, 3.63) is 49.9 Å². The average molecular weight is 357 g/mol. The Labute approximate surface area is 146 Å². The van der Waals surface area contributed by atoms with E-state index in [2.05, 4.69) is 45.8 Å². The van der Waals surface area contributed by atoms with E-state index in [1.54, 1.807) is 19.1 Å². The number of nitrogens with zero attached hydrogens (tertiary/aromatic N) is 2. The molecule has 0 saturated heterocycles. The second-order valence-corrected chi connectivity index (χ2v) is 3.49. The fraction of sp³-hybridized carbons (Fsp3) is 0.235. The molecule has 0 bridgehead atoms. The quantitative estimate of drug-likeness (QED) is 0.142. The highest BCUT2D eigenvalue weighted by molar-refractivity contribution is 6.27. The number of aliphatic imine (C=N–C) groups is 1. The molecule has 8 heteroatoms. The van der Waals surface area contributed by atoms with E-state index in [0.717, 1.165) is 6.08 Å². The molecular weight excluding hydrogens is 335 g/mol. The first-order chi connectivity index (χ1) is 11.8. The first-order valence-electron chi connectivity index (χ1n) is 6.74. The molecule has 0 unspecified atom stereocenters. The van der Waals surface area contributed by atoms with Crippen molar-refractivity contribution < 1.29 is 22.7 Å². The number of carbonyl (C=O) groups excluding carboxylic acids is 1. The predicted molar refractivity (Wildman–Crippen MR) is 95.7 cm³/mol. The summed E-state index contributed by atoms with van der Waals surface area (Å²) >= 11 is 0. The minimum atomic E-state index is -4.54. The summed E-state index contributed by atoms with van der Waals surface area (Å²) in [5.41, 5.74) is 2.45. The number of rotatable bonds is 7. The molecule has 0 aliphatic rings. The summed E-state index contributed by atoms with van der Waals surface area (Å²) in [5, 5.41) is 3.65. The van der Waals surface area contributed by atoms with Gasteiger partial charge >= 0.3 is 6.36 Å². The van der Waals surface area contributed by atoms with Gasteiger partial charge in [-0.05, 0) is 26.3 Å². The number of allylic oxidation sites excluding steroid dienone is 4. The van der Waals surface area contributed by atoms with Crippen LogP contribution in [0.25, 0.3) is 0 Å². The second-order valence-electron chi connectivity index (χ2n) is 3.49. The van der Waals surface area contributed by atoms with Crippen molar-refractivity contribution in [2.24, 2.45) is 10.1 Å². The van der Waals surface area contributed by atoms with Crippen LogP contribution in [0.2, 0.25) is 0 Å². The molecule has 25 heavy (non-hydrogen) atoms. The zero-order chi connectivity index (χ0) is 20.0. The minimum absolute atomic E-state index is 0.142. The molecule has 0 aromatic carbocycles. The number of terminal acetylenes is 1. The van der Waals surface area contributed by atoms with Crippen LogP contribution in [0.4, 0.5) is 13.2 Å². The van der Waals surface area contributed by atoms with Crippen LogP contribution in [0.3, 0.4) is 0 Å². The van der Waals surface area contributed by atoms with Gasteiger partial charge in [-0.3, -0.25) is 10.2 Å². The van der Waals surface area contributed by atoms with Crippen LogP contribution in [-0.2, 0) is 9.53 Å². The van der Waals surface area contributed by atoms with E-state index < -0.39 is 6.36 Å². The van der Waals surface area contributed by atoms with Gasteiger partial charge < -0.3 is 4.74 Å². The monoisotopic (exact) mass is 357 g/mol. The Morgan fingerprint density at radius 1 is 1.40 bits per heavy atom. The summed E-state index contributed by atoms with van der Waals surface area (Å²) in [7, 11) is 0. The van der Waals surface area contributed by atoms with Crippen LogP contribution < -0.4 is 5.43 Å². The molecule has 138 valence electrons. The molecule has 0 aromatic rings. The lowest BCUT2D eigenvalue weighted by Gasteiger charge is -2.01. The van der Waals surface area contributed by atoms with E-state index in [1.807, 2.05) is 0 Å². The molecule has 0 spiro atoms. The van der Waals surface area contributed by atoms with Crippen LogP contribution in [0.15, 0.2) is 60.0 Å². The van der Waals surface area contributed by atoms with Gasteiger partial charge in [-0.2, -0.15) is 5.10 Å². The lowest BCUT2D eigenvalue weighted by molar-refractivity contribution is -0.298. The number of hydrogen-bond acceptors (Lipinski definition) is 4. The fourth-order valence-corrected chi connectivity index (χ4v) is 0.677. The largest absolute Gasteiger partial charge is 0.572 e. The van der Waals surface area contributed by atoms with Gasteiger partial charge in [-0.1, -0.05) is 24.8 Å². The van der Waals surface area contributed by atoms with Gasteiger partial charge in [0.25, 0.3) is 0 Å². The van der Waals surface area contributed by atoms with E-state index in [-0.39, 0.29) is 5.84 Å². The zero-order valence-corrected chi connectivity index (χ0v) is 14.2. The molecule has 0 amide bonds. The van der Waals surface area contributed by atoms with E-state index in [1.165, 1.54) is 25.4 Å². The highest BCUT2D eigenvalue weighted by atomic mass is 19.4. The molecular formula is C17H22F3N3O2. The summed E-state index contributed by atoms with van der Waals surface area (Å²) in [6.07, 6.45) is 11.0. The van der Waals surface area contributed by atoms with Crippen molar-refractivity contribution in [3.63, 3.8) is 0 Å². The maximum absolute atomic E-state index is 11.0. The molecule has 0 aliphatic carbocycles. The molecule has 1 N–H and O–H groups in total. The van der Waals surface area contributed by atoms with Crippen LogP contribution in [0.1, 0.15) is 20.3 Å². The molecule has 0 aromatic heterocycles. The van der Waals surface area contributed by atoms with Gasteiger partial charge in [0.15, 0.2) is 12.1 Å². The number of ether oxygens (including phenoxy) is 1. The summed E-state index contributed by atoms with van der Waals surface area (Å²) in [5.74, 6) is 2.39. The third kappa shape index (κ3) is 33.6. The number of amidine groups is 1. The predicted octanol–water partition coefficient (Wildman–Crippen LogP) is 4.13.